The molecule has 0 bridgehead atoms. The molecule has 130 valence electrons. The summed E-state index contributed by atoms with van der Waals surface area (Å²) in [5, 5.41) is 9.90. The van der Waals surface area contributed by atoms with Crippen molar-refractivity contribution < 1.29 is 19.1 Å². The van der Waals surface area contributed by atoms with Crippen LogP contribution >= 0.6 is 0 Å². The summed E-state index contributed by atoms with van der Waals surface area (Å²) in [6.07, 6.45) is 1.47. The van der Waals surface area contributed by atoms with Crippen molar-refractivity contribution in [2.45, 2.75) is 40.7 Å². The van der Waals surface area contributed by atoms with Crippen LogP contribution in [-0.2, 0) is 17.8 Å². The number of nitrogens with zero attached hydrogens (tertiary/aromatic N) is 1. The Kier molecular flexibility index (Phi) is 4.49. The minimum absolute atomic E-state index is 0.0539. The molecule has 3 rings (SSSR count). The molecule has 0 aliphatic heterocycles. The fourth-order valence-electron chi connectivity index (χ4n) is 3.06. The minimum atomic E-state index is -0.873. The van der Waals surface area contributed by atoms with Gasteiger partial charge in [0.05, 0.1) is 12.7 Å². The predicted octanol–water partition coefficient (Wildman–Crippen LogP) is 4.27. The maximum atomic E-state index is 11.0. The number of aliphatic carboxylic acids is 1. The van der Waals surface area contributed by atoms with Crippen LogP contribution in [0.15, 0.2) is 28.9 Å². The first-order chi connectivity index (χ1) is 11.9. The van der Waals surface area contributed by atoms with Gasteiger partial charge in [-0.3, -0.25) is 9.78 Å². The lowest BCUT2D eigenvalue weighted by Crippen LogP contribution is -2.02. The Morgan fingerprint density at radius 2 is 1.96 bits per heavy atom. The van der Waals surface area contributed by atoms with Gasteiger partial charge < -0.3 is 14.3 Å². The van der Waals surface area contributed by atoms with Crippen LogP contribution in [0.3, 0.4) is 0 Å². The molecule has 0 radical (unpaired) electrons. The van der Waals surface area contributed by atoms with Crippen molar-refractivity contribution in [2.75, 3.05) is 0 Å². The first kappa shape index (κ1) is 17.0. The van der Waals surface area contributed by atoms with Crippen molar-refractivity contribution in [2.24, 2.45) is 0 Å². The van der Waals surface area contributed by atoms with Crippen LogP contribution in [0.4, 0.5) is 0 Å². The van der Waals surface area contributed by atoms with E-state index < -0.39 is 5.97 Å². The van der Waals surface area contributed by atoms with E-state index in [9.17, 15) is 4.79 Å². The summed E-state index contributed by atoms with van der Waals surface area (Å²) in [6.45, 7) is 8.22. The van der Waals surface area contributed by atoms with E-state index in [4.69, 9.17) is 14.3 Å². The molecular weight excluding hydrogens is 318 g/mol. The molecule has 1 N–H and O–H groups in total. The third kappa shape index (κ3) is 3.36. The second kappa shape index (κ2) is 6.59. The predicted molar refractivity (Wildman–Crippen MR) is 95.1 cm³/mol. The molecule has 0 aliphatic carbocycles. The number of pyridine rings is 1. The standard InChI is InChI=1S/C20H21NO4/c1-11-7-17(24-9-15-6-5-12(2)21-14(15)4)13(3)20-19(11)16(10-25-20)8-18(22)23/h5-7,10H,8-9H2,1-4H3,(H,22,23). The van der Waals surface area contributed by atoms with Crippen LogP contribution in [0.5, 0.6) is 5.75 Å². The van der Waals surface area contributed by atoms with E-state index in [0.717, 1.165) is 39.2 Å². The Hall–Kier alpha value is -2.82. The lowest BCUT2D eigenvalue weighted by Gasteiger charge is -2.13. The lowest BCUT2D eigenvalue weighted by atomic mass is 10.0. The first-order valence-corrected chi connectivity index (χ1v) is 8.14. The minimum Gasteiger partial charge on any atom is -0.488 e. The summed E-state index contributed by atoms with van der Waals surface area (Å²) in [5.74, 6) is -0.136. The van der Waals surface area contributed by atoms with Gasteiger partial charge in [-0.1, -0.05) is 6.07 Å². The Balaban J connectivity index is 1.92. The Labute approximate surface area is 146 Å². The highest BCUT2D eigenvalue weighted by Gasteiger charge is 2.17. The second-order valence-corrected chi connectivity index (χ2v) is 6.34. The monoisotopic (exact) mass is 339 g/mol. The lowest BCUT2D eigenvalue weighted by molar-refractivity contribution is -0.136. The number of carbonyl (C=O) groups is 1. The first-order valence-electron chi connectivity index (χ1n) is 8.14. The Morgan fingerprint density at radius 3 is 2.64 bits per heavy atom. The van der Waals surface area contributed by atoms with Crippen LogP contribution < -0.4 is 4.74 Å². The SMILES string of the molecule is Cc1ccc(COc2cc(C)c3c(CC(=O)O)coc3c2C)c(C)n1. The molecule has 3 aromatic rings. The van der Waals surface area contributed by atoms with Crippen molar-refractivity contribution in [3.63, 3.8) is 0 Å². The van der Waals surface area contributed by atoms with E-state index in [1.807, 2.05) is 45.9 Å². The average molecular weight is 339 g/mol. The van der Waals surface area contributed by atoms with Crippen molar-refractivity contribution in [3.8, 4) is 5.75 Å². The molecule has 0 amide bonds. The topological polar surface area (TPSA) is 72.6 Å². The number of ether oxygens (including phenoxy) is 1. The van der Waals surface area contributed by atoms with E-state index in [1.54, 1.807) is 0 Å². The third-order valence-electron chi connectivity index (χ3n) is 4.38. The quantitative estimate of drug-likeness (QED) is 0.751. The number of aryl methyl sites for hydroxylation is 4. The number of fused-ring (bicyclic) bond motifs is 1. The molecule has 0 aliphatic rings. The smallest absolute Gasteiger partial charge is 0.307 e. The van der Waals surface area contributed by atoms with Crippen LogP contribution in [0, 0.1) is 27.7 Å². The maximum absolute atomic E-state index is 11.0. The highest BCUT2D eigenvalue weighted by Crippen LogP contribution is 2.34. The molecule has 5 nitrogen and oxygen atoms in total. The Bertz CT molecular complexity index is 956. The van der Waals surface area contributed by atoms with Gasteiger partial charge in [-0.15, -0.1) is 0 Å². The molecule has 2 heterocycles. The summed E-state index contributed by atoms with van der Waals surface area (Å²) >= 11 is 0. The van der Waals surface area contributed by atoms with Crippen molar-refractivity contribution in [3.05, 3.63) is 58.1 Å². The molecule has 2 aromatic heterocycles. The summed E-state index contributed by atoms with van der Waals surface area (Å²) in [5.41, 5.74) is 6.16. The second-order valence-electron chi connectivity index (χ2n) is 6.34. The van der Waals surface area contributed by atoms with E-state index in [1.165, 1.54) is 6.26 Å². The summed E-state index contributed by atoms with van der Waals surface area (Å²) in [7, 11) is 0. The van der Waals surface area contributed by atoms with Gasteiger partial charge >= 0.3 is 5.97 Å². The van der Waals surface area contributed by atoms with Crippen LogP contribution in [-0.4, -0.2) is 16.1 Å². The van der Waals surface area contributed by atoms with Crippen LogP contribution in [0.25, 0.3) is 11.0 Å². The molecular formula is C20H21NO4. The van der Waals surface area contributed by atoms with E-state index in [-0.39, 0.29) is 6.42 Å². The van der Waals surface area contributed by atoms with E-state index >= 15 is 0 Å². The van der Waals surface area contributed by atoms with E-state index in [0.29, 0.717) is 17.8 Å². The molecule has 5 heteroatoms. The third-order valence-corrected chi connectivity index (χ3v) is 4.38. The van der Waals surface area contributed by atoms with Crippen LogP contribution in [0.2, 0.25) is 0 Å². The number of carboxylic acids is 1. The highest BCUT2D eigenvalue weighted by molar-refractivity contribution is 5.91. The largest absolute Gasteiger partial charge is 0.488 e. The van der Waals surface area contributed by atoms with E-state index in [2.05, 4.69) is 4.98 Å². The number of furan rings is 1. The average Bonchev–Trinajstić information content (AvgIpc) is 2.94. The van der Waals surface area contributed by atoms with Crippen molar-refractivity contribution in [1.82, 2.24) is 4.98 Å². The molecule has 0 spiro atoms. The zero-order valence-electron chi connectivity index (χ0n) is 14.8. The summed E-state index contributed by atoms with van der Waals surface area (Å²) < 4.78 is 11.6. The molecule has 25 heavy (non-hydrogen) atoms. The van der Waals surface area contributed by atoms with Gasteiger partial charge in [0, 0.05) is 33.5 Å². The van der Waals surface area contributed by atoms with Gasteiger partial charge in [-0.25, -0.2) is 0 Å². The summed E-state index contributed by atoms with van der Waals surface area (Å²) in [4.78, 5) is 15.5. The van der Waals surface area contributed by atoms with Gasteiger partial charge in [0.15, 0.2) is 0 Å². The zero-order chi connectivity index (χ0) is 18.1. The van der Waals surface area contributed by atoms with Crippen LogP contribution in [0.1, 0.15) is 33.6 Å². The maximum Gasteiger partial charge on any atom is 0.307 e. The number of carboxylic acid groups (broad SMARTS) is 1. The molecule has 0 atom stereocenters. The molecule has 0 saturated carbocycles. The number of benzene rings is 1. The highest BCUT2D eigenvalue weighted by atomic mass is 16.5. The Morgan fingerprint density at radius 1 is 1.20 bits per heavy atom. The number of hydrogen-bond donors (Lipinski definition) is 1. The van der Waals surface area contributed by atoms with Gasteiger partial charge in [0.2, 0.25) is 0 Å². The van der Waals surface area contributed by atoms with Gasteiger partial charge in [-0.05, 0) is 45.4 Å². The van der Waals surface area contributed by atoms with Gasteiger partial charge in [0.1, 0.15) is 17.9 Å². The van der Waals surface area contributed by atoms with Gasteiger partial charge in [-0.2, -0.15) is 0 Å². The number of rotatable bonds is 5. The molecule has 0 saturated heterocycles. The number of aromatic nitrogens is 1. The van der Waals surface area contributed by atoms with Gasteiger partial charge in [0.25, 0.3) is 0 Å². The normalized spacial score (nSPS) is 11.0. The fourth-order valence-corrected chi connectivity index (χ4v) is 3.06. The molecule has 0 fully saturated rings. The fraction of sp³-hybridized carbons (Fsp3) is 0.300. The molecule has 0 unspecified atom stereocenters. The summed E-state index contributed by atoms with van der Waals surface area (Å²) in [6, 6.07) is 5.93. The van der Waals surface area contributed by atoms with Crippen molar-refractivity contribution in [1.29, 1.82) is 0 Å². The van der Waals surface area contributed by atoms with Crippen molar-refractivity contribution >= 4 is 16.9 Å². The molecule has 1 aromatic carbocycles. The number of hydrogen-bond acceptors (Lipinski definition) is 4. The zero-order valence-corrected chi connectivity index (χ0v) is 14.8.